The van der Waals surface area contributed by atoms with Gasteiger partial charge in [0.2, 0.25) is 0 Å². The van der Waals surface area contributed by atoms with Crippen molar-refractivity contribution >= 4 is 23.4 Å². The highest BCUT2D eigenvalue weighted by atomic mass is 19.1. The van der Waals surface area contributed by atoms with E-state index in [2.05, 4.69) is 10.6 Å². The molecule has 0 aromatic heterocycles. The molecule has 2 unspecified atom stereocenters. The molecule has 0 heterocycles. The van der Waals surface area contributed by atoms with E-state index in [9.17, 15) is 24.1 Å². The third-order valence-electron chi connectivity index (χ3n) is 2.85. The van der Waals surface area contributed by atoms with Crippen molar-refractivity contribution in [3.63, 3.8) is 0 Å². The molecule has 2 amide bonds. The largest absolute Gasteiger partial charge is 0.481 e. The fourth-order valence-corrected chi connectivity index (χ4v) is 1.46. The summed E-state index contributed by atoms with van der Waals surface area (Å²) in [5.41, 5.74) is -0.605. The molecule has 1 rings (SSSR count). The van der Waals surface area contributed by atoms with Gasteiger partial charge < -0.3 is 15.7 Å². The summed E-state index contributed by atoms with van der Waals surface area (Å²) in [6.45, 7) is 2.91. The summed E-state index contributed by atoms with van der Waals surface area (Å²) in [5.74, 6) is -2.77. The van der Waals surface area contributed by atoms with E-state index in [0.717, 1.165) is 18.2 Å². The lowest BCUT2D eigenvalue weighted by atomic mass is 10.0. The Morgan fingerprint density at radius 1 is 1.33 bits per heavy atom. The second kappa shape index (κ2) is 6.64. The van der Waals surface area contributed by atoms with Gasteiger partial charge in [-0.2, -0.15) is 0 Å². The molecule has 1 aromatic rings. The van der Waals surface area contributed by atoms with Crippen molar-refractivity contribution in [3.05, 3.63) is 34.1 Å². The summed E-state index contributed by atoms with van der Waals surface area (Å²) in [6.07, 6.45) is 0. The number of nitrogens with zero attached hydrogens (tertiary/aromatic N) is 1. The van der Waals surface area contributed by atoms with Crippen LogP contribution in [0.25, 0.3) is 0 Å². The quantitative estimate of drug-likeness (QED) is 0.566. The fraction of sp³-hybridized carbons (Fsp3) is 0.333. The zero-order chi connectivity index (χ0) is 16.2. The molecule has 0 aliphatic carbocycles. The summed E-state index contributed by atoms with van der Waals surface area (Å²) >= 11 is 0. The number of carboxylic acid groups (broad SMARTS) is 1. The molecule has 0 aliphatic rings. The van der Waals surface area contributed by atoms with Crippen LogP contribution in [0.15, 0.2) is 18.2 Å². The van der Waals surface area contributed by atoms with Gasteiger partial charge in [-0.1, -0.05) is 0 Å². The van der Waals surface area contributed by atoms with Gasteiger partial charge in [-0.05, 0) is 19.9 Å². The van der Waals surface area contributed by atoms with Crippen molar-refractivity contribution in [1.29, 1.82) is 0 Å². The standard InChI is InChI=1S/C12H14FN3O5/c1-6(11(17)18)7(2)14-12(19)15-9-3-8(13)4-10(5-9)16(20)21/h3-7H,1-2H3,(H,17,18)(H2,14,15,19). The maximum Gasteiger partial charge on any atom is 0.319 e. The molecule has 21 heavy (non-hydrogen) atoms. The first-order chi connectivity index (χ1) is 9.70. The van der Waals surface area contributed by atoms with Gasteiger partial charge in [-0.25, -0.2) is 9.18 Å². The first-order valence-electron chi connectivity index (χ1n) is 5.96. The van der Waals surface area contributed by atoms with Crippen LogP contribution in [0.3, 0.4) is 0 Å². The Bertz CT molecular complexity index is 578. The van der Waals surface area contributed by atoms with Crippen LogP contribution in [0, 0.1) is 21.8 Å². The van der Waals surface area contributed by atoms with E-state index in [4.69, 9.17) is 5.11 Å². The van der Waals surface area contributed by atoms with Gasteiger partial charge in [0, 0.05) is 12.1 Å². The number of amides is 2. The van der Waals surface area contributed by atoms with Gasteiger partial charge in [0.05, 0.1) is 22.6 Å². The van der Waals surface area contributed by atoms with Crippen molar-refractivity contribution in [2.24, 2.45) is 5.92 Å². The average Bonchev–Trinajstić information content (AvgIpc) is 2.36. The number of hydrogen-bond acceptors (Lipinski definition) is 4. The lowest BCUT2D eigenvalue weighted by Gasteiger charge is -2.18. The molecule has 0 spiro atoms. The number of anilines is 1. The molecule has 0 saturated carbocycles. The highest BCUT2D eigenvalue weighted by Gasteiger charge is 2.21. The minimum absolute atomic E-state index is 0.102. The molecule has 0 aliphatic heterocycles. The number of urea groups is 1. The molecule has 8 nitrogen and oxygen atoms in total. The number of halogens is 1. The van der Waals surface area contributed by atoms with Crippen LogP contribution in [0.2, 0.25) is 0 Å². The molecule has 0 radical (unpaired) electrons. The molecule has 0 saturated heterocycles. The summed E-state index contributed by atoms with van der Waals surface area (Å²) in [5, 5.41) is 23.9. The zero-order valence-corrected chi connectivity index (χ0v) is 11.3. The van der Waals surface area contributed by atoms with Crippen LogP contribution in [0.5, 0.6) is 0 Å². The van der Waals surface area contributed by atoms with Crippen molar-refractivity contribution in [2.75, 3.05) is 5.32 Å². The first kappa shape index (κ1) is 16.3. The first-order valence-corrected chi connectivity index (χ1v) is 5.96. The number of hydrogen-bond donors (Lipinski definition) is 3. The summed E-state index contributed by atoms with van der Waals surface area (Å²) in [4.78, 5) is 32.2. The Morgan fingerprint density at radius 2 is 1.95 bits per heavy atom. The van der Waals surface area contributed by atoms with E-state index in [1.807, 2.05) is 0 Å². The van der Waals surface area contributed by atoms with Gasteiger partial charge >= 0.3 is 12.0 Å². The predicted molar refractivity (Wildman–Crippen MR) is 71.5 cm³/mol. The van der Waals surface area contributed by atoms with Crippen molar-refractivity contribution in [2.45, 2.75) is 19.9 Å². The maximum absolute atomic E-state index is 13.2. The molecule has 9 heteroatoms. The molecular weight excluding hydrogens is 285 g/mol. The van der Waals surface area contributed by atoms with E-state index >= 15 is 0 Å². The van der Waals surface area contributed by atoms with E-state index in [1.165, 1.54) is 13.8 Å². The van der Waals surface area contributed by atoms with Crippen LogP contribution >= 0.6 is 0 Å². The lowest BCUT2D eigenvalue weighted by Crippen LogP contribution is -2.42. The Hall–Kier alpha value is -2.71. The molecule has 1 aromatic carbocycles. The number of non-ortho nitro benzene ring substituents is 1. The monoisotopic (exact) mass is 299 g/mol. The summed E-state index contributed by atoms with van der Waals surface area (Å²) in [6, 6.07) is 1.17. The van der Waals surface area contributed by atoms with E-state index in [1.54, 1.807) is 0 Å². The Labute approximate surface area is 119 Å². The topological polar surface area (TPSA) is 122 Å². The van der Waals surface area contributed by atoms with Crippen molar-refractivity contribution in [3.8, 4) is 0 Å². The Morgan fingerprint density at radius 3 is 2.48 bits per heavy atom. The summed E-state index contributed by atoms with van der Waals surface area (Å²) < 4.78 is 13.2. The number of aliphatic carboxylic acids is 1. The molecule has 3 N–H and O–H groups in total. The maximum atomic E-state index is 13.2. The normalized spacial score (nSPS) is 13.1. The van der Waals surface area contributed by atoms with Crippen LogP contribution in [-0.4, -0.2) is 28.1 Å². The molecule has 114 valence electrons. The highest BCUT2D eigenvalue weighted by molar-refractivity contribution is 5.90. The average molecular weight is 299 g/mol. The lowest BCUT2D eigenvalue weighted by molar-refractivity contribution is -0.385. The minimum Gasteiger partial charge on any atom is -0.481 e. The van der Waals surface area contributed by atoms with E-state index in [0.29, 0.717) is 0 Å². The van der Waals surface area contributed by atoms with Crippen molar-refractivity contribution in [1.82, 2.24) is 5.32 Å². The van der Waals surface area contributed by atoms with E-state index in [-0.39, 0.29) is 5.69 Å². The van der Waals surface area contributed by atoms with Gasteiger partial charge in [0.15, 0.2) is 0 Å². The number of benzene rings is 1. The second-order valence-corrected chi connectivity index (χ2v) is 4.47. The van der Waals surface area contributed by atoms with Crippen LogP contribution < -0.4 is 10.6 Å². The SMILES string of the molecule is CC(NC(=O)Nc1cc(F)cc([N+](=O)[O-])c1)C(C)C(=O)O. The van der Waals surface area contributed by atoms with Crippen LogP contribution in [0.4, 0.5) is 20.6 Å². The van der Waals surface area contributed by atoms with Crippen molar-refractivity contribution < 1.29 is 24.0 Å². The third-order valence-corrected chi connectivity index (χ3v) is 2.85. The van der Waals surface area contributed by atoms with E-state index < -0.39 is 40.4 Å². The Balaban J connectivity index is 2.75. The van der Waals surface area contributed by atoms with Gasteiger partial charge in [-0.3, -0.25) is 14.9 Å². The zero-order valence-electron chi connectivity index (χ0n) is 11.3. The predicted octanol–water partition coefficient (Wildman–Crippen LogP) is 1.96. The number of nitro benzene ring substituents is 1. The minimum atomic E-state index is -1.08. The number of carbonyl (C=O) groups excluding carboxylic acids is 1. The highest BCUT2D eigenvalue weighted by Crippen LogP contribution is 2.19. The second-order valence-electron chi connectivity index (χ2n) is 4.47. The number of nitrogens with one attached hydrogen (secondary N) is 2. The van der Waals surface area contributed by atoms with Crippen LogP contribution in [-0.2, 0) is 4.79 Å². The molecule has 0 bridgehead atoms. The van der Waals surface area contributed by atoms with Gasteiger partial charge in [-0.15, -0.1) is 0 Å². The number of carboxylic acids is 1. The smallest absolute Gasteiger partial charge is 0.319 e. The third kappa shape index (κ3) is 4.71. The van der Waals surface area contributed by atoms with Gasteiger partial charge in [0.1, 0.15) is 5.82 Å². The number of rotatable bonds is 5. The molecule has 0 fully saturated rings. The number of carbonyl (C=O) groups is 2. The Kier molecular flexibility index (Phi) is 5.17. The summed E-state index contributed by atoms with van der Waals surface area (Å²) in [7, 11) is 0. The van der Waals surface area contributed by atoms with Crippen LogP contribution in [0.1, 0.15) is 13.8 Å². The fourth-order valence-electron chi connectivity index (χ4n) is 1.46. The van der Waals surface area contributed by atoms with Gasteiger partial charge in [0.25, 0.3) is 5.69 Å². The molecule has 2 atom stereocenters. The molecular formula is C12H14FN3O5. The number of nitro groups is 1.